The maximum absolute atomic E-state index is 13.5. The number of ether oxygens (including phenoxy) is 1. The smallest absolute Gasteiger partial charge is 0.258 e. The number of nitrogens with one attached hydrogen (secondary N) is 4. The molecule has 1 saturated heterocycles. The summed E-state index contributed by atoms with van der Waals surface area (Å²) in [6.45, 7) is 1.18. The zero-order chi connectivity index (χ0) is 24.6. The van der Waals surface area contributed by atoms with Crippen LogP contribution in [-0.4, -0.2) is 55.0 Å². The Balaban J connectivity index is 1.05. The second-order valence-corrected chi connectivity index (χ2v) is 11.0. The highest BCUT2D eigenvalue weighted by Crippen LogP contribution is 2.52. The van der Waals surface area contributed by atoms with Crippen LogP contribution in [0.5, 0.6) is 5.75 Å². The normalized spacial score (nSPS) is 31.3. The number of fused-ring (bicyclic) bond motifs is 1. The molecule has 5 aliphatic rings. The van der Waals surface area contributed by atoms with Gasteiger partial charge in [-0.2, -0.15) is 0 Å². The Bertz CT molecular complexity index is 998. The third-order valence-corrected chi connectivity index (χ3v) is 8.13. The molecule has 35 heavy (non-hydrogen) atoms. The minimum Gasteiger partial charge on any atom is -0.484 e. The molecule has 1 aromatic rings. The van der Waals surface area contributed by atoms with Gasteiger partial charge in [-0.3, -0.25) is 14.4 Å². The summed E-state index contributed by atoms with van der Waals surface area (Å²) in [5.41, 5.74) is -0.316. The van der Waals surface area contributed by atoms with Crippen LogP contribution < -0.4 is 26.0 Å². The number of halogens is 2. The van der Waals surface area contributed by atoms with Gasteiger partial charge in [0.05, 0.1) is 11.1 Å². The Hall–Kier alpha value is -2.39. The summed E-state index contributed by atoms with van der Waals surface area (Å²) in [4.78, 5) is 37.3. The summed E-state index contributed by atoms with van der Waals surface area (Å²) in [7, 11) is 0. The fraction of sp³-hybridized carbons (Fsp3) is 0.640. The minimum absolute atomic E-state index is 0.000430. The van der Waals surface area contributed by atoms with E-state index in [1.807, 2.05) is 0 Å². The van der Waals surface area contributed by atoms with Gasteiger partial charge in [-0.15, -0.1) is 0 Å². The van der Waals surface area contributed by atoms with Crippen LogP contribution in [0, 0.1) is 23.6 Å². The topological polar surface area (TPSA) is 109 Å². The van der Waals surface area contributed by atoms with Crippen LogP contribution in [0.15, 0.2) is 18.2 Å². The molecule has 2 unspecified atom stereocenters. The van der Waals surface area contributed by atoms with E-state index in [1.54, 1.807) is 0 Å². The number of hydrogen-bond donors (Lipinski definition) is 4. The predicted molar refractivity (Wildman–Crippen MR) is 127 cm³/mol. The fourth-order valence-electron chi connectivity index (χ4n) is 5.75. The standard InChI is InChI=1S/C25H32ClFN4O4/c26-18-4-3-17(8-19(18)27)35-13-22(32)31-25-9-16(10-25)21(11-25)30-24(34)20-7-14(5-6-28-20)12-29-23(33)15-1-2-15/h3-4,8,14-16,20-21,28H,1-2,5-7,9-13H2,(H,29,33)(H,30,34)(H,31,32)/t14?,16?,20?,21-,25?/m0/s1. The van der Waals surface area contributed by atoms with Crippen LogP contribution in [0.3, 0.4) is 0 Å². The number of hydrogen-bond acceptors (Lipinski definition) is 5. The molecule has 1 heterocycles. The van der Waals surface area contributed by atoms with Gasteiger partial charge in [0.15, 0.2) is 6.61 Å². The summed E-state index contributed by atoms with van der Waals surface area (Å²) < 4.78 is 18.9. The van der Waals surface area contributed by atoms with E-state index in [0.717, 1.165) is 44.7 Å². The number of carbonyl (C=O) groups is 3. The van der Waals surface area contributed by atoms with Gasteiger partial charge in [0.1, 0.15) is 11.6 Å². The SMILES string of the molecule is O=C(COc1ccc(Cl)c(F)c1)NC12CC(C1)[C@@H](NC(=O)C1CC(CNC(=O)C3CC3)CCN1)C2. The predicted octanol–water partition coefficient (Wildman–Crippen LogP) is 1.91. The zero-order valence-electron chi connectivity index (χ0n) is 19.6. The molecule has 190 valence electrons. The van der Waals surface area contributed by atoms with Gasteiger partial charge in [0.2, 0.25) is 11.8 Å². The largest absolute Gasteiger partial charge is 0.484 e. The average Bonchev–Trinajstić information content (AvgIpc) is 3.55. The van der Waals surface area contributed by atoms with E-state index in [2.05, 4.69) is 21.3 Å². The van der Waals surface area contributed by atoms with Crippen molar-refractivity contribution >= 4 is 29.3 Å². The summed E-state index contributed by atoms with van der Waals surface area (Å²) in [5, 5.41) is 12.6. The molecule has 6 rings (SSSR count). The first-order valence-corrected chi connectivity index (χ1v) is 12.9. The number of carbonyl (C=O) groups excluding carboxylic acids is 3. The van der Waals surface area contributed by atoms with E-state index in [9.17, 15) is 18.8 Å². The van der Waals surface area contributed by atoms with Crippen molar-refractivity contribution < 1.29 is 23.5 Å². The number of rotatable bonds is 9. The Kier molecular flexibility index (Phi) is 6.90. The molecular weight excluding hydrogens is 475 g/mol. The molecule has 3 atom stereocenters. The molecular formula is C25H32ClFN4O4. The molecule has 3 amide bonds. The van der Waals surface area contributed by atoms with Crippen LogP contribution in [0.1, 0.15) is 44.9 Å². The molecule has 1 aliphatic heterocycles. The minimum atomic E-state index is -0.596. The van der Waals surface area contributed by atoms with Gasteiger partial charge in [-0.1, -0.05) is 11.6 Å². The molecule has 5 fully saturated rings. The van der Waals surface area contributed by atoms with E-state index in [4.69, 9.17) is 16.3 Å². The molecule has 4 aliphatic carbocycles. The highest BCUT2D eigenvalue weighted by Gasteiger charge is 2.57. The third-order valence-electron chi connectivity index (χ3n) is 7.82. The van der Waals surface area contributed by atoms with E-state index in [1.165, 1.54) is 12.1 Å². The van der Waals surface area contributed by atoms with Gasteiger partial charge >= 0.3 is 0 Å². The van der Waals surface area contributed by atoms with Crippen LogP contribution >= 0.6 is 11.6 Å². The zero-order valence-corrected chi connectivity index (χ0v) is 20.3. The summed E-state index contributed by atoms with van der Waals surface area (Å²) in [6, 6.07) is 3.83. The van der Waals surface area contributed by atoms with E-state index < -0.39 is 5.82 Å². The Morgan fingerprint density at radius 2 is 1.94 bits per heavy atom. The van der Waals surface area contributed by atoms with E-state index >= 15 is 0 Å². The van der Waals surface area contributed by atoms with Gasteiger partial charge in [-0.25, -0.2) is 4.39 Å². The quantitative estimate of drug-likeness (QED) is 0.409. The van der Waals surface area contributed by atoms with Crippen molar-refractivity contribution in [2.75, 3.05) is 19.7 Å². The van der Waals surface area contributed by atoms with Gasteiger partial charge in [0, 0.05) is 30.1 Å². The maximum atomic E-state index is 13.5. The van der Waals surface area contributed by atoms with Crippen molar-refractivity contribution in [3.05, 3.63) is 29.0 Å². The molecule has 1 aromatic carbocycles. The van der Waals surface area contributed by atoms with Crippen LogP contribution in [0.2, 0.25) is 5.02 Å². The molecule has 0 radical (unpaired) electrons. The lowest BCUT2D eigenvalue weighted by molar-refractivity contribution is -0.126. The molecule has 0 spiro atoms. The second-order valence-electron chi connectivity index (χ2n) is 10.6. The lowest BCUT2D eigenvalue weighted by atomic mass is 9.76. The first kappa shape index (κ1) is 24.3. The summed E-state index contributed by atoms with van der Waals surface area (Å²) in [6.07, 6.45) is 5.98. The molecule has 0 aromatic heterocycles. The Morgan fingerprint density at radius 3 is 2.69 bits per heavy atom. The average molecular weight is 507 g/mol. The Morgan fingerprint density at radius 1 is 1.14 bits per heavy atom. The van der Waals surface area contributed by atoms with Crippen molar-refractivity contribution in [3.63, 3.8) is 0 Å². The lowest BCUT2D eigenvalue weighted by Crippen LogP contribution is -2.53. The van der Waals surface area contributed by atoms with Crippen molar-refractivity contribution in [1.82, 2.24) is 21.3 Å². The Labute approximate surface area is 209 Å². The monoisotopic (exact) mass is 506 g/mol. The molecule has 4 saturated carbocycles. The van der Waals surface area contributed by atoms with Crippen LogP contribution in [0.25, 0.3) is 0 Å². The van der Waals surface area contributed by atoms with Gasteiger partial charge in [0.25, 0.3) is 5.91 Å². The molecule has 10 heteroatoms. The highest BCUT2D eigenvalue weighted by atomic mass is 35.5. The summed E-state index contributed by atoms with van der Waals surface area (Å²) >= 11 is 5.67. The van der Waals surface area contributed by atoms with E-state index in [0.29, 0.717) is 31.2 Å². The van der Waals surface area contributed by atoms with Gasteiger partial charge in [-0.05, 0) is 75.5 Å². The fourth-order valence-corrected chi connectivity index (χ4v) is 5.87. The molecule has 8 nitrogen and oxygen atoms in total. The van der Waals surface area contributed by atoms with Crippen molar-refractivity contribution in [1.29, 1.82) is 0 Å². The third kappa shape index (κ3) is 5.72. The highest BCUT2D eigenvalue weighted by molar-refractivity contribution is 6.30. The number of amides is 3. The van der Waals surface area contributed by atoms with Crippen molar-refractivity contribution in [3.8, 4) is 5.75 Å². The second kappa shape index (κ2) is 9.93. The maximum Gasteiger partial charge on any atom is 0.258 e. The van der Waals surface area contributed by atoms with Crippen LogP contribution in [-0.2, 0) is 14.4 Å². The van der Waals surface area contributed by atoms with Gasteiger partial charge < -0.3 is 26.0 Å². The molecule has 4 N–H and O–H groups in total. The van der Waals surface area contributed by atoms with Crippen molar-refractivity contribution in [2.24, 2.45) is 17.8 Å². The first-order chi connectivity index (χ1) is 16.8. The molecule has 2 bridgehead atoms. The number of benzene rings is 1. The first-order valence-electron chi connectivity index (χ1n) is 12.5. The van der Waals surface area contributed by atoms with Crippen molar-refractivity contribution in [2.45, 2.75) is 62.6 Å². The van der Waals surface area contributed by atoms with E-state index in [-0.39, 0.29) is 58.6 Å². The lowest BCUT2D eigenvalue weighted by Gasteiger charge is -2.39. The van der Waals surface area contributed by atoms with Crippen LogP contribution in [0.4, 0.5) is 4.39 Å². The number of piperidine rings is 1. The summed E-state index contributed by atoms with van der Waals surface area (Å²) in [5.74, 6) is 0.368.